The van der Waals surface area contributed by atoms with Gasteiger partial charge >= 0.3 is 0 Å². The van der Waals surface area contributed by atoms with Crippen LogP contribution in [0.3, 0.4) is 0 Å². The third kappa shape index (κ3) is 3.25. The number of carbonyl (C=O) groups excluding carboxylic acids is 1. The minimum absolute atomic E-state index is 0.113. The zero-order valence-corrected chi connectivity index (χ0v) is 13.8. The molecule has 1 atom stereocenters. The van der Waals surface area contributed by atoms with Gasteiger partial charge < -0.3 is 14.6 Å². The van der Waals surface area contributed by atoms with Crippen molar-refractivity contribution < 1.29 is 13.6 Å². The third-order valence-corrected chi connectivity index (χ3v) is 4.45. The van der Waals surface area contributed by atoms with Crippen molar-refractivity contribution in [2.45, 2.75) is 12.5 Å². The van der Waals surface area contributed by atoms with Crippen LogP contribution in [0.2, 0.25) is 0 Å². The molecule has 6 heteroatoms. The Morgan fingerprint density at radius 3 is 2.96 bits per heavy atom. The van der Waals surface area contributed by atoms with Crippen molar-refractivity contribution in [3.63, 3.8) is 0 Å². The van der Waals surface area contributed by atoms with E-state index in [1.54, 1.807) is 30.3 Å². The van der Waals surface area contributed by atoms with Gasteiger partial charge in [0.1, 0.15) is 11.3 Å². The number of halogens is 1. The molecule has 4 rings (SSSR count). The fourth-order valence-corrected chi connectivity index (χ4v) is 3.14. The Kier molecular flexibility index (Phi) is 3.97. The first kappa shape index (κ1) is 15.8. The molecule has 0 spiro atoms. The molecule has 3 aromatic rings. The average Bonchev–Trinajstić information content (AvgIpc) is 3.20. The van der Waals surface area contributed by atoms with E-state index in [9.17, 15) is 9.18 Å². The number of nitrogens with zero attached hydrogens (tertiary/aromatic N) is 2. The minimum atomic E-state index is -0.346. The topological polar surface area (TPSA) is 58.4 Å². The summed E-state index contributed by atoms with van der Waals surface area (Å²) >= 11 is 0. The summed E-state index contributed by atoms with van der Waals surface area (Å²) in [5, 5.41) is 3.05. The summed E-state index contributed by atoms with van der Waals surface area (Å²) in [6.07, 6.45) is 0.957. The molecule has 0 aliphatic carbocycles. The van der Waals surface area contributed by atoms with Crippen LogP contribution < -0.4 is 5.32 Å². The van der Waals surface area contributed by atoms with Crippen LogP contribution in [0, 0.1) is 5.82 Å². The summed E-state index contributed by atoms with van der Waals surface area (Å²) in [6, 6.07) is 11.4. The predicted octanol–water partition coefficient (Wildman–Crippen LogP) is 3.07. The zero-order valence-electron chi connectivity index (χ0n) is 13.8. The normalized spacial score (nSPS) is 17.9. The molecule has 0 bridgehead atoms. The third-order valence-electron chi connectivity index (χ3n) is 4.45. The zero-order chi connectivity index (χ0) is 17.4. The van der Waals surface area contributed by atoms with Gasteiger partial charge in [-0.1, -0.05) is 6.07 Å². The number of aromatic nitrogens is 1. The standard InChI is InChI=1S/C19H18FN3O2/c1-23-8-7-15(11-23)21-18(24)12-5-6-17-16(10-12)22-19(25-17)13-3-2-4-14(20)9-13/h2-6,9-10,15H,7-8,11H2,1H3,(H,21,24). The number of hydrogen-bond acceptors (Lipinski definition) is 4. The molecule has 1 unspecified atom stereocenters. The van der Waals surface area contributed by atoms with E-state index in [1.165, 1.54) is 12.1 Å². The summed E-state index contributed by atoms with van der Waals surface area (Å²) in [5.74, 6) is -0.122. The summed E-state index contributed by atoms with van der Waals surface area (Å²) in [4.78, 5) is 19.0. The van der Waals surface area contributed by atoms with Crippen molar-refractivity contribution in [1.82, 2.24) is 15.2 Å². The maximum absolute atomic E-state index is 13.4. The van der Waals surface area contributed by atoms with E-state index in [2.05, 4.69) is 15.2 Å². The smallest absolute Gasteiger partial charge is 0.251 e. The molecular weight excluding hydrogens is 321 g/mol. The Balaban J connectivity index is 1.58. The van der Waals surface area contributed by atoms with E-state index in [1.807, 2.05) is 7.05 Å². The molecule has 1 aromatic heterocycles. The van der Waals surface area contributed by atoms with Crippen LogP contribution >= 0.6 is 0 Å². The number of fused-ring (bicyclic) bond motifs is 1. The van der Waals surface area contributed by atoms with Crippen molar-refractivity contribution in [3.8, 4) is 11.5 Å². The molecule has 2 heterocycles. The first-order valence-electron chi connectivity index (χ1n) is 8.24. The van der Waals surface area contributed by atoms with Crippen molar-refractivity contribution >= 4 is 17.0 Å². The second kappa shape index (κ2) is 6.29. The molecule has 1 N–H and O–H groups in total. The number of amides is 1. The average molecular weight is 339 g/mol. The van der Waals surface area contributed by atoms with Gasteiger partial charge in [-0.15, -0.1) is 0 Å². The molecule has 0 saturated carbocycles. The first-order valence-corrected chi connectivity index (χ1v) is 8.24. The second-order valence-electron chi connectivity index (χ2n) is 6.43. The van der Waals surface area contributed by atoms with Gasteiger partial charge in [0.25, 0.3) is 5.91 Å². The van der Waals surface area contributed by atoms with Gasteiger partial charge in [0.05, 0.1) is 0 Å². The van der Waals surface area contributed by atoms with Crippen LogP contribution in [-0.4, -0.2) is 42.0 Å². The molecular formula is C19H18FN3O2. The van der Waals surface area contributed by atoms with Crippen LogP contribution in [0.5, 0.6) is 0 Å². The summed E-state index contributed by atoms with van der Waals surface area (Å²) in [7, 11) is 2.04. The van der Waals surface area contributed by atoms with Gasteiger partial charge in [-0.05, 0) is 56.4 Å². The monoisotopic (exact) mass is 339 g/mol. The second-order valence-corrected chi connectivity index (χ2v) is 6.43. The Morgan fingerprint density at radius 1 is 1.32 bits per heavy atom. The Labute approximate surface area is 144 Å². The summed E-state index contributed by atoms with van der Waals surface area (Å²) in [6.45, 7) is 1.85. The highest BCUT2D eigenvalue weighted by atomic mass is 19.1. The van der Waals surface area contributed by atoms with E-state index in [0.29, 0.717) is 28.1 Å². The van der Waals surface area contributed by atoms with Gasteiger partial charge in [-0.3, -0.25) is 4.79 Å². The lowest BCUT2D eigenvalue weighted by Gasteiger charge is -2.12. The molecule has 2 aromatic carbocycles. The highest BCUT2D eigenvalue weighted by molar-refractivity contribution is 5.97. The number of benzene rings is 2. The number of likely N-dealkylation sites (tertiary alicyclic amines) is 1. The maximum atomic E-state index is 13.4. The SMILES string of the molecule is CN1CCC(NC(=O)c2ccc3oc(-c4cccc(F)c4)nc3c2)C1. The molecule has 1 aliphatic heterocycles. The Morgan fingerprint density at radius 2 is 2.20 bits per heavy atom. The Bertz CT molecular complexity index is 937. The summed E-state index contributed by atoms with van der Waals surface area (Å²) < 4.78 is 19.0. The molecule has 1 saturated heterocycles. The number of rotatable bonds is 3. The lowest BCUT2D eigenvalue weighted by atomic mass is 10.1. The van der Waals surface area contributed by atoms with Gasteiger partial charge in [-0.25, -0.2) is 9.37 Å². The van der Waals surface area contributed by atoms with Crippen LogP contribution in [0.25, 0.3) is 22.6 Å². The fraction of sp³-hybridized carbons (Fsp3) is 0.263. The number of nitrogens with one attached hydrogen (secondary N) is 1. The number of hydrogen-bond donors (Lipinski definition) is 1. The van der Waals surface area contributed by atoms with E-state index in [4.69, 9.17) is 4.42 Å². The van der Waals surface area contributed by atoms with Gasteiger partial charge in [0.2, 0.25) is 5.89 Å². The van der Waals surface area contributed by atoms with Crippen LogP contribution in [-0.2, 0) is 0 Å². The number of likely N-dealkylation sites (N-methyl/N-ethyl adjacent to an activating group) is 1. The molecule has 5 nitrogen and oxygen atoms in total. The highest BCUT2D eigenvalue weighted by Gasteiger charge is 2.22. The van der Waals surface area contributed by atoms with E-state index in [-0.39, 0.29) is 17.8 Å². The van der Waals surface area contributed by atoms with Crippen LogP contribution in [0.15, 0.2) is 46.9 Å². The number of oxazole rings is 1. The van der Waals surface area contributed by atoms with Crippen LogP contribution in [0.4, 0.5) is 4.39 Å². The Hall–Kier alpha value is -2.73. The van der Waals surface area contributed by atoms with E-state index < -0.39 is 0 Å². The number of carbonyl (C=O) groups is 1. The summed E-state index contributed by atoms with van der Waals surface area (Å²) in [5.41, 5.74) is 2.25. The minimum Gasteiger partial charge on any atom is -0.436 e. The molecule has 1 fully saturated rings. The van der Waals surface area contributed by atoms with Gasteiger partial charge in [0.15, 0.2) is 5.58 Å². The molecule has 1 aliphatic rings. The van der Waals surface area contributed by atoms with Crippen molar-refractivity contribution in [2.75, 3.05) is 20.1 Å². The lowest BCUT2D eigenvalue weighted by molar-refractivity contribution is 0.0938. The van der Waals surface area contributed by atoms with Crippen molar-refractivity contribution in [1.29, 1.82) is 0 Å². The van der Waals surface area contributed by atoms with Gasteiger partial charge in [0, 0.05) is 23.7 Å². The van der Waals surface area contributed by atoms with Crippen molar-refractivity contribution in [2.24, 2.45) is 0 Å². The lowest BCUT2D eigenvalue weighted by Crippen LogP contribution is -2.36. The van der Waals surface area contributed by atoms with E-state index in [0.717, 1.165) is 19.5 Å². The maximum Gasteiger partial charge on any atom is 0.251 e. The first-order chi connectivity index (χ1) is 12.1. The van der Waals surface area contributed by atoms with Gasteiger partial charge in [-0.2, -0.15) is 0 Å². The molecule has 128 valence electrons. The predicted molar refractivity (Wildman–Crippen MR) is 92.8 cm³/mol. The largest absolute Gasteiger partial charge is 0.436 e. The molecule has 0 radical (unpaired) electrons. The fourth-order valence-electron chi connectivity index (χ4n) is 3.14. The molecule has 1 amide bonds. The van der Waals surface area contributed by atoms with Crippen molar-refractivity contribution in [3.05, 3.63) is 53.8 Å². The van der Waals surface area contributed by atoms with E-state index >= 15 is 0 Å². The quantitative estimate of drug-likeness (QED) is 0.797. The van der Waals surface area contributed by atoms with Crippen LogP contribution in [0.1, 0.15) is 16.8 Å². The molecule has 25 heavy (non-hydrogen) atoms. The highest BCUT2D eigenvalue weighted by Crippen LogP contribution is 2.25.